The van der Waals surface area contributed by atoms with E-state index in [1.807, 2.05) is 6.92 Å². The number of fused-ring (bicyclic) bond motifs is 1. The van der Waals surface area contributed by atoms with Gasteiger partial charge in [-0.25, -0.2) is 18.0 Å². The summed E-state index contributed by atoms with van der Waals surface area (Å²) in [6, 6.07) is 6.43. The minimum Gasteiger partial charge on any atom is -0.465 e. The standard InChI is InChI=1S/C22H26N2O7S2/c1-4-31-22(27)24-11-9-16-17(13-24)32-20(19(16)21(26)30-3)23-18(25)10-12-33(28,29)15-7-5-14(2)6-8-15/h5-8H,4,9-13H2,1-3H3,(H,23,25). The summed E-state index contributed by atoms with van der Waals surface area (Å²) in [5.41, 5.74) is 1.90. The normalized spacial score (nSPS) is 13.2. The highest BCUT2D eigenvalue weighted by Gasteiger charge is 2.31. The first-order chi connectivity index (χ1) is 15.7. The summed E-state index contributed by atoms with van der Waals surface area (Å²) >= 11 is 1.17. The van der Waals surface area contributed by atoms with Crippen LogP contribution in [0.3, 0.4) is 0 Å². The van der Waals surface area contributed by atoms with Gasteiger partial charge in [-0.1, -0.05) is 17.7 Å². The Hall–Kier alpha value is -2.92. The summed E-state index contributed by atoms with van der Waals surface area (Å²) in [5.74, 6) is -1.49. The van der Waals surface area contributed by atoms with Crippen molar-refractivity contribution in [2.75, 3.05) is 31.3 Å². The highest BCUT2D eigenvalue weighted by molar-refractivity contribution is 7.91. The first kappa shape index (κ1) is 24.7. The second-order valence-corrected chi connectivity index (χ2v) is 10.7. The van der Waals surface area contributed by atoms with E-state index < -0.39 is 27.8 Å². The lowest BCUT2D eigenvalue weighted by atomic mass is 10.0. The number of thiophene rings is 1. The fourth-order valence-electron chi connectivity index (χ4n) is 3.46. The van der Waals surface area contributed by atoms with Gasteiger partial charge in [-0.3, -0.25) is 4.79 Å². The molecular formula is C22H26N2O7S2. The minimum atomic E-state index is -3.63. The molecule has 1 aromatic carbocycles. The third-order valence-corrected chi connectivity index (χ3v) is 8.07. The number of ether oxygens (including phenoxy) is 2. The zero-order valence-electron chi connectivity index (χ0n) is 18.7. The van der Waals surface area contributed by atoms with E-state index in [1.165, 1.54) is 35.5 Å². The van der Waals surface area contributed by atoms with Crippen LogP contribution in [-0.2, 0) is 37.1 Å². The van der Waals surface area contributed by atoms with Gasteiger partial charge in [0.05, 0.1) is 36.5 Å². The summed E-state index contributed by atoms with van der Waals surface area (Å²) in [7, 11) is -2.38. The van der Waals surface area contributed by atoms with Gasteiger partial charge in [-0.2, -0.15) is 0 Å². The summed E-state index contributed by atoms with van der Waals surface area (Å²) in [5, 5.41) is 2.95. The highest BCUT2D eigenvalue weighted by Crippen LogP contribution is 2.38. The number of carbonyl (C=O) groups is 3. The largest absolute Gasteiger partial charge is 0.465 e. The van der Waals surface area contributed by atoms with Crippen molar-refractivity contribution < 1.29 is 32.3 Å². The SMILES string of the molecule is CCOC(=O)N1CCc2c(sc(NC(=O)CCS(=O)(=O)c3ccc(C)cc3)c2C(=O)OC)C1. The van der Waals surface area contributed by atoms with Gasteiger partial charge in [0.2, 0.25) is 5.91 Å². The molecule has 0 atom stereocenters. The molecule has 0 spiro atoms. The van der Waals surface area contributed by atoms with E-state index in [-0.39, 0.29) is 40.8 Å². The molecule has 11 heteroatoms. The predicted octanol–water partition coefficient (Wildman–Crippen LogP) is 3.16. The molecule has 33 heavy (non-hydrogen) atoms. The summed E-state index contributed by atoms with van der Waals surface area (Å²) in [4.78, 5) is 39.5. The fraction of sp³-hybridized carbons (Fsp3) is 0.409. The molecule has 9 nitrogen and oxygen atoms in total. The van der Waals surface area contributed by atoms with Crippen LogP contribution in [0.1, 0.15) is 39.7 Å². The monoisotopic (exact) mass is 494 g/mol. The van der Waals surface area contributed by atoms with E-state index in [4.69, 9.17) is 9.47 Å². The maximum Gasteiger partial charge on any atom is 0.410 e. The summed E-state index contributed by atoms with van der Waals surface area (Å²) in [6.07, 6.45) is -0.302. The van der Waals surface area contributed by atoms with Gasteiger partial charge in [0, 0.05) is 17.8 Å². The number of carbonyl (C=O) groups excluding carboxylic acids is 3. The van der Waals surface area contributed by atoms with Crippen molar-refractivity contribution >= 4 is 44.1 Å². The number of anilines is 1. The Balaban J connectivity index is 1.75. The first-order valence-corrected chi connectivity index (χ1v) is 12.9. The Morgan fingerprint density at radius 2 is 1.88 bits per heavy atom. The number of amides is 2. The number of aryl methyl sites for hydroxylation is 1. The lowest BCUT2D eigenvalue weighted by Gasteiger charge is -2.26. The fourth-order valence-corrected chi connectivity index (χ4v) is 5.97. The van der Waals surface area contributed by atoms with Gasteiger partial charge in [0.1, 0.15) is 5.00 Å². The quantitative estimate of drug-likeness (QED) is 0.587. The van der Waals surface area contributed by atoms with Crippen molar-refractivity contribution in [1.82, 2.24) is 4.90 Å². The Labute approximate surface area is 196 Å². The number of rotatable bonds is 7. The second kappa shape index (κ2) is 10.3. The maximum absolute atomic E-state index is 12.6. The number of sulfone groups is 1. The van der Waals surface area contributed by atoms with Gasteiger partial charge in [-0.05, 0) is 38.0 Å². The molecule has 0 saturated carbocycles. The van der Waals surface area contributed by atoms with E-state index in [0.717, 1.165) is 16.0 Å². The average molecular weight is 495 g/mol. The predicted molar refractivity (Wildman–Crippen MR) is 123 cm³/mol. The van der Waals surface area contributed by atoms with Crippen LogP contribution >= 0.6 is 11.3 Å². The number of nitrogens with zero attached hydrogens (tertiary/aromatic N) is 1. The maximum atomic E-state index is 12.6. The molecule has 2 heterocycles. The van der Waals surface area contributed by atoms with Crippen LogP contribution in [0.15, 0.2) is 29.2 Å². The molecule has 2 amide bonds. The Morgan fingerprint density at radius 3 is 2.52 bits per heavy atom. The number of benzene rings is 1. The molecule has 0 unspecified atom stereocenters. The molecule has 0 saturated heterocycles. The van der Waals surface area contributed by atoms with Crippen LogP contribution in [-0.4, -0.2) is 57.3 Å². The van der Waals surface area contributed by atoms with Gasteiger partial charge in [0.25, 0.3) is 0 Å². The van der Waals surface area contributed by atoms with Crippen LogP contribution < -0.4 is 5.32 Å². The zero-order valence-corrected chi connectivity index (χ0v) is 20.3. The highest BCUT2D eigenvalue weighted by atomic mass is 32.2. The van der Waals surface area contributed by atoms with Crippen molar-refractivity contribution in [3.8, 4) is 0 Å². The summed E-state index contributed by atoms with van der Waals surface area (Å²) in [6.45, 7) is 4.46. The number of esters is 1. The molecule has 1 aliphatic rings. The molecule has 1 aliphatic heterocycles. The van der Waals surface area contributed by atoms with Gasteiger partial charge in [-0.15, -0.1) is 11.3 Å². The molecule has 3 rings (SSSR count). The Morgan fingerprint density at radius 1 is 1.18 bits per heavy atom. The molecule has 1 N–H and O–H groups in total. The topological polar surface area (TPSA) is 119 Å². The van der Waals surface area contributed by atoms with E-state index in [1.54, 1.807) is 19.1 Å². The van der Waals surface area contributed by atoms with Gasteiger partial charge in [0.15, 0.2) is 9.84 Å². The lowest BCUT2D eigenvalue weighted by Crippen LogP contribution is -2.36. The van der Waals surface area contributed by atoms with Crippen LogP contribution in [0.4, 0.5) is 9.80 Å². The average Bonchev–Trinajstić information content (AvgIpc) is 3.14. The van der Waals surface area contributed by atoms with Crippen LogP contribution in [0, 0.1) is 6.92 Å². The third-order valence-electron chi connectivity index (χ3n) is 5.20. The first-order valence-electron chi connectivity index (χ1n) is 10.4. The van der Waals surface area contributed by atoms with Crippen LogP contribution in [0.5, 0.6) is 0 Å². The Kier molecular flexibility index (Phi) is 7.75. The van der Waals surface area contributed by atoms with Crippen molar-refractivity contribution in [2.24, 2.45) is 0 Å². The molecule has 2 aromatic rings. The van der Waals surface area contributed by atoms with Crippen LogP contribution in [0.25, 0.3) is 0 Å². The van der Waals surface area contributed by atoms with Gasteiger partial charge < -0.3 is 19.7 Å². The second-order valence-electron chi connectivity index (χ2n) is 7.50. The number of hydrogen-bond donors (Lipinski definition) is 1. The van der Waals surface area contributed by atoms with E-state index >= 15 is 0 Å². The lowest BCUT2D eigenvalue weighted by molar-refractivity contribution is -0.115. The third kappa shape index (κ3) is 5.72. The molecule has 178 valence electrons. The van der Waals surface area contributed by atoms with E-state index in [0.29, 0.717) is 13.0 Å². The molecule has 0 aliphatic carbocycles. The smallest absolute Gasteiger partial charge is 0.410 e. The van der Waals surface area contributed by atoms with Gasteiger partial charge >= 0.3 is 12.1 Å². The molecular weight excluding hydrogens is 468 g/mol. The van der Waals surface area contributed by atoms with Crippen LogP contribution in [0.2, 0.25) is 0 Å². The number of nitrogens with one attached hydrogen (secondary N) is 1. The van der Waals surface area contributed by atoms with Crippen molar-refractivity contribution in [1.29, 1.82) is 0 Å². The Bertz CT molecular complexity index is 1150. The van der Waals surface area contributed by atoms with Crippen molar-refractivity contribution in [3.05, 3.63) is 45.8 Å². The molecule has 0 radical (unpaired) electrons. The number of methoxy groups -OCH3 is 1. The zero-order chi connectivity index (χ0) is 24.2. The summed E-state index contributed by atoms with van der Waals surface area (Å²) < 4.78 is 35.0. The molecule has 0 fully saturated rings. The van der Waals surface area contributed by atoms with Crippen molar-refractivity contribution in [3.63, 3.8) is 0 Å². The van der Waals surface area contributed by atoms with E-state index in [9.17, 15) is 22.8 Å². The van der Waals surface area contributed by atoms with E-state index in [2.05, 4.69) is 5.32 Å². The number of hydrogen-bond acceptors (Lipinski definition) is 8. The minimum absolute atomic E-state index is 0.154. The molecule has 1 aromatic heterocycles. The molecule has 0 bridgehead atoms. The van der Waals surface area contributed by atoms with Crippen molar-refractivity contribution in [2.45, 2.75) is 38.1 Å².